The highest BCUT2D eigenvalue weighted by atomic mass is 79.9. The zero-order valence-corrected chi connectivity index (χ0v) is 19.0. The summed E-state index contributed by atoms with van der Waals surface area (Å²) in [5.74, 6) is -1.80. The molecule has 0 bridgehead atoms. The number of amides is 1. The van der Waals surface area contributed by atoms with Crippen LogP contribution in [0.4, 0.5) is 24.8 Å². The molecule has 166 valence electrons. The molecule has 4 rings (SSSR count). The molecule has 10 heteroatoms. The van der Waals surface area contributed by atoms with Crippen LogP contribution in [-0.2, 0) is 11.0 Å². The number of aryl methyl sites for hydroxylation is 2. The largest absolute Gasteiger partial charge is 0.453 e. The van der Waals surface area contributed by atoms with Gasteiger partial charge in [-0.3, -0.25) is 4.79 Å². The summed E-state index contributed by atoms with van der Waals surface area (Å²) in [6, 6.07) is 11.7. The minimum atomic E-state index is -4.72. The van der Waals surface area contributed by atoms with Gasteiger partial charge in [-0.05, 0) is 50.1 Å². The van der Waals surface area contributed by atoms with E-state index in [2.05, 4.69) is 36.6 Å². The molecule has 32 heavy (non-hydrogen) atoms. The first-order chi connectivity index (χ1) is 15.0. The van der Waals surface area contributed by atoms with E-state index in [4.69, 9.17) is 0 Å². The van der Waals surface area contributed by atoms with Gasteiger partial charge in [0, 0.05) is 15.9 Å². The van der Waals surface area contributed by atoms with Crippen molar-refractivity contribution in [2.24, 2.45) is 0 Å². The molecule has 0 unspecified atom stereocenters. The standard InChI is InChI=1S/C22H19BrF3N5O/c1-11-7-8-16(12(2)9-11)28-19(32)17-13(3)27-21-29-20(22(24,25)26)30-31(21)18(17)14-5-4-6-15(23)10-14/h4-10,18H,1-3H3,(H,28,32)(H,27,29,30)/t18-/m1/s1. The monoisotopic (exact) mass is 505 g/mol. The van der Waals surface area contributed by atoms with Gasteiger partial charge in [0.1, 0.15) is 6.04 Å². The molecule has 0 saturated carbocycles. The molecule has 0 spiro atoms. The summed E-state index contributed by atoms with van der Waals surface area (Å²) in [6.45, 7) is 5.46. The number of hydrogen-bond acceptors (Lipinski definition) is 4. The molecule has 0 aliphatic carbocycles. The van der Waals surface area contributed by atoms with Gasteiger partial charge in [0.2, 0.25) is 5.95 Å². The van der Waals surface area contributed by atoms with Crippen LogP contribution >= 0.6 is 15.9 Å². The van der Waals surface area contributed by atoms with Crippen molar-refractivity contribution in [2.45, 2.75) is 33.0 Å². The normalized spacial score (nSPS) is 15.9. The van der Waals surface area contributed by atoms with Gasteiger partial charge in [0.25, 0.3) is 11.7 Å². The second kappa shape index (κ2) is 8.09. The van der Waals surface area contributed by atoms with Gasteiger partial charge >= 0.3 is 6.18 Å². The molecule has 2 aromatic carbocycles. The second-order valence-corrected chi connectivity index (χ2v) is 8.51. The number of carbonyl (C=O) groups excluding carboxylic acids is 1. The fraction of sp³-hybridized carbons (Fsp3) is 0.227. The summed E-state index contributed by atoms with van der Waals surface area (Å²) in [5, 5.41) is 9.39. The Morgan fingerprint density at radius 1 is 1.16 bits per heavy atom. The summed E-state index contributed by atoms with van der Waals surface area (Å²) < 4.78 is 41.8. The predicted octanol–water partition coefficient (Wildman–Crippen LogP) is 5.60. The molecule has 2 heterocycles. The number of alkyl halides is 3. The van der Waals surface area contributed by atoms with E-state index in [0.29, 0.717) is 16.9 Å². The quantitative estimate of drug-likeness (QED) is 0.485. The van der Waals surface area contributed by atoms with Gasteiger partial charge in [0.05, 0.1) is 5.57 Å². The molecule has 1 aliphatic heterocycles. The van der Waals surface area contributed by atoms with Crippen LogP contribution in [0.5, 0.6) is 0 Å². The van der Waals surface area contributed by atoms with Crippen molar-refractivity contribution in [1.29, 1.82) is 0 Å². The van der Waals surface area contributed by atoms with Crippen LogP contribution in [0.25, 0.3) is 0 Å². The average molecular weight is 506 g/mol. The number of nitrogens with one attached hydrogen (secondary N) is 2. The van der Waals surface area contributed by atoms with Gasteiger partial charge < -0.3 is 10.6 Å². The average Bonchev–Trinajstić information content (AvgIpc) is 3.13. The van der Waals surface area contributed by atoms with E-state index in [9.17, 15) is 18.0 Å². The molecule has 0 saturated heterocycles. The molecular formula is C22H19BrF3N5O. The Morgan fingerprint density at radius 3 is 2.56 bits per heavy atom. The number of anilines is 2. The lowest BCUT2D eigenvalue weighted by atomic mass is 9.95. The van der Waals surface area contributed by atoms with E-state index in [1.54, 1.807) is 37.3 Å². The summed E-state index contributed by atoms with van der Waals surface area (Å²) in [6.07, 6.45) is -4.72. The highest BCUT2D eigenvalue weighted by molar-refractivity contribution is 9.10. The molecular weight excluding hydrogens is 487 g/mol. The van der Waals surface area contributed by atoms with Crippen molar-refractivity contribution >= 4 is 33.5 Å². The van der Waals surface area contributed by atoms with Gasteiger partial charge in [-0.15, -0.1) is 5.10 Å². The van der Waals surface area contributed by atoms with E-state index in [1.165, 1.54) is 0 Å². The third kappa shape index (κ3) is 4.14. The first-order valence-electron chi connectivity index (χ1n) is 9.70. The van der Waals surface area contributed by atoms with Crippen molar-refractivity contribution in [1.82, 2.24) is 14.8 Å². The smallest absolute Gasteiger partial charge is 0.328 e. The van der Waals surface area contributed by atoms with E-state index >= 15 is 0 Å². The number of halogens is 4. The Labute approximate surface area is 190 Å². The van der Waals surface area contributed by atoms with E-state index in [-0.39, 0.29) is 11.5 Å². The topological polar surface area (TPSA) is 71.8 Å². The lowest BCUT2D eigenvalue weighted by Crippen LogP contribution is -2.31. The minimum Gasteiger partial charge on any atom is -0.328 e. The molecule has 2 N–H and O–H groups in total. The Hall–Kier alpha value is -3.14. The summed E-state index contributed by atoms with van der Waals surface area (Å²) in [4.78, 5) is 17.0. The van der Waals surface area contributed by atoms with Crippen LogP contribution in [0.3, 0.4) is 0 Å². The van der Waals surface area contributed by atoms with Crippen molar-refractivity contribution < 1.29 is 18.0 Å². The van der Waals surface area contributed by atoms with Gasteiger partial charge in [-0.25, -0.2) is 4.68 Å². The maximum absolute atomic E-state index is 13.4. The predicted molar refractivity (Wildman–Crippen MR) is 118 cm³/mol. The molecule has 1 atom stereocenters. The number of hydrogen-bond donors (Lipinski definition) is 2. The Kier molecular flexibility index (Phi) is 5.58. The number of benzene rings is 2. The first kappa shape index (κ1) is 22.1. The van der Waals surface area contributed by atoms with Crippen LogP contribution in [0.1, 0.15) is 35.5 Å². The number of allylic oxidation sites excluding steroid dienone is 1. The van der Waals surface area contributed by atoms with Crippen molar-refractivity contribution in [3.05, 3.63) is 80.7 Å². The maximum atomic E-state index is 13.4. The zero-order valence-electron chi connectivity index (χ0n) is 17.4. The highest BCUT2D eigenvalue weighted by Gasteiger charge is 2.41. The number of nitrogens with zero attached hydrogens (tertiary/aromatic N) is 3. The lowest BCUT2D eigenvalue weighted by Gasteiger charge is -2.29. The molecule has 0 radical (unpaired) electrons. The maximum Gasteiger partial charge on any atom is 0.453 e. The number of carbonyl (C=O) groups is 1. The van der Waals surface area contributed by atoms with Gasteiger partial charge in [-0.1, -0.05) is 45.8 Å². The molecule has 1 amide bonds. The van der Waals surface area contributed by atoms with Crippen LogP contribution in [0.15, 0.2) is 58.2 Å². The van der Waals surface area contributed by atoms with Crippen LogP contribution in [0, 0.1) is 13.8 Å². The van der Waals surface area contributed by atoms with Gasteiger partial charge in [-0.2, -0.15) is 18.2 Å². The Bertz CT molecular complexity index is 1250. The highest BCUT2D eigenvalue weighted by Crippen LogP contribution is 2.38. The Morgan fingerprint density at radius 2 is 1.91 bits per heavy atom. The minimum absolute atomic E-state index is 0.0807. The fourth-order valence-corrected chi connectivity index (χ4v) is 4.11. The number of aromatic nitrogens is 3. The van der Waals surface area contributed by atoms with E-state index in [1.807, 2.05) is 26.0 Å². The van der Waals surface area contributed by atoms with Crippen LogP contribution in [0.2, 0.25) is 0 Å². The van der Waals surface area contributed by atoms with Gasteiger partial charge in [0.15, 0.2) is 0 Å². The third-order valence-corrected chi connectivity index (χ3v) is 5.64. The van der Waals surface area contributed by atoms with Crippen LogP contribution in [-0.4, -0.2) is 20.7 Å². The third-order valence-electron chi connectivity index (χ3n) is 5.15. The second-order valence-electron chi connectivity index (χ2n) is 7.60. The molecule has 6 nitrogen and oxygen atoms in total. The summed E-state index contributed by atoms with van der Waals surface area (Å²) in [5.41, 5.74) is 3.77. The van der Waals surface area contributed by atoms with Crippen molar-refractivity contribution in [2.75, 3.05) is 10.6 Å². The van der Waals surface area contributed by atoms with Crippen molar-refractivity contribution in [3.8, 4) is 0 Å². The van der Waals surface area contributed by atoms with Crippen molar-refractivity contribution in [3.63, 3.8) is 0 Å². The lowest BCUT2D eigenvalue weighted by molar-refractivity contribution is -0.145. The van der Waals surface area contributed by atoms with E-state index < -0.39 is 23.9 Å². The molecule has 0 fully saturated rings. The number of fused-ring (bicyclic) bond motifs is 1. The number of rotatable bonds is 3. The SMILES string of the molecule is CC1=C(C(=O)Nc2ccc(C)cc2C)[C@@H](c2cccc(Br)c2)n2nc(C(F)(F)F)nc2N1. The first-order valence-corrected chi connectivity index (χ1v) is 10.5. The Balaban J connectivity index is 1.82. The van der Waals surface area contributed by atoms with Crippen LogP contribution < -0.4 is 10.6 Å². The van der Waals surface area contributed by atoms with E-state index in [0.717, 1.165) is 20.3 Å². The molecule has 3 aromatic rings. The fourth-order valence-electron chi connectivity index (χ4n) is 3.69. The zero-order chi connectivity index (χ0) is 23.2. The molecule has 1 aliphatic rings. The molecule has 1 aromatic heterocycles. The summed E-state index contributed by atoms with van der Waals surface area (Å²) in [7, 11) is 0. The summed E-state index contributed by atoms with van der Waals surface area (Å²) >= 11 is 3.39.